The van der Waals surface area contributed by atoms with Gasteiger partial charge in [-0.25, -0.2) is 4.79 Å². The highest BCUT2D eigenvalue weighted by molar-refractivity contribution is 5.71. The quantitative estimate of drug-likeness (QED) is 0.188. The van der Waals surface area contributed by atoms with Crippen LogP contribution in [0.15, 0.2) is 78.9 Å². The van der Waals surface area contributed by atoms with E-state index in [4.69, 9.17) is 18.9 Å². The van der Waals surface area contributed by atoms with Gasteiger partial charge in [-0.1, -0.05) is 54.6 Å². The second-order valence-electron chi connectivity index (χ2n) is 11.4. The molecule has 9 heteroatoms. The zero-order valence-electron chi connectivity index (χ0n) is 25.3. The van der Waals surface area contributed by atoms with Gasteiger partial charge < -0.3 is 34.5 Å². The van der Waals surface area contributed by atoms with Crippen LogP contribution in [-0.2, 0) is 33.7 Å². The molecule has 3 atom stereocenters. The fraction of sp³-hybridized carbons (Fsp3) is 0.412. The number of aliphatic hydroxyl groups excluding tert-OH is 1. The van der Waals surface area contributed by atoms with Crippen molar-refractivity contribution in [3.05, 3.63) is 95.6 Å². The molecule has 0 aliphatic rings. The van der Waals surface area contributed by atoms with E-state index in [0.717, 1.165) is 16.7 Å². The zero-order chi connectivity index (χ0) is 31.2. The summed E-state index contributed by atoms with van der Waals surface area (Å²) in [6.45, 7) is 6.56. The minimum atomic E-state index is -1.15. The Bertz CT molecular complexity index is 1260. The molecule has 9 nitrogen and oxygen atoms in total. The normalized spacial score (nSPS) is 13.4. The average Bonchev–Trinajstić information content (AvgIpc) is 2.96. The van der Waals surface area contributed by atoms with Crippen molar-refractivity contribution in [1.29, 1.82) is 0 Å². The number of ether oxygens (including phenoxy) is 4. The third-order valence-electron chi connectivity index (χ3n) is 6.63. The molecule has 43 heavy (non-hydrogen) atoms. The number of benzene rings is 3. The first-order valence-electron chi connectivity index (χ1n) is 14.4. The van der Waals surface area contributed by atoms with Crippen LogP contribution in [0.5, 0.6) is 11.5 Å². The summed E-state index contributed by atoms with van der Waals surface area (Å²) in [4.78, 5) is 24.9. The van der Waals surface area contributed by atoms with E-state index in [2.05, 4.69) is 5.32 Å². The Balaban J connectivity index is 1.66. The first-order valence-corrected chi connectivity index (χ1v) is 14.4. The van der Waals surface area contributed by atoms with Gasteiger partial charge in [-0.2, -0.15) is 0 Å². The lowest BCUT2D eigenvalue weighted by Gasteiger charge is -2.28. The van der Waals surface area contributed by atoms with Crippen molar-refractivity contribution >= 4 is 12.1 Å². The van der Waals surface area contributed by atoms with Crippen LogP contribution in [0.25, 0.3) is 0 Å². The molecular weight excluding hydrogens is 550 g/mol. The highest BCUT2D eigenvalue weighted by Crippen LogP contribution is 2.22. The van der Waals surface area contributed by atoms with Crippen LogP contribution >= 0.6 is 0 Å². The first-order chi connectivity index (χ1) is 20.5. The second kappa shape index (κ2) is 16.5. The highest BCUT2D eigenvalue weighted by Gasteiger charge is 2.30. The van der Waals surface area contributed by atoms with E-state index in [9.17, 15) is 19.8 Å². The van der Waals surface area contributed by atoms with Gasteiger partial charge in [0, 0.05) is 7.11 Å². The maximum atomic E-state index is 12.6. The Hall–Kier alpha value is -4.08. The summed E-state index contributed by atoms with van der Waals surface area (Å²) in [6, 6.07) is 23.6. The van der Waals surface area contributed by atoms with Crippen LogP contribution in [0, 0.1) is 5.92 Å². The topological polar surface area (TPSA) is 124 Å². The largest absolute Gasteiger partial charge is 0.491 e. The van der Waals surface area contributed by atoms with Crippen molar-refractivity contribution in [2.45, 2.75) is 64.4 Å². The monoisotopic (exact) mass is 593 g/mol. The van der Waals surface area contributed by atoms with Gasteiger partial charge in [0.25, 0.3) is 0 Å². The number of carbonyl (C=O) groups is 2. The number of methoxy groups -OCH3 is 1. The molecule has 1 amide bonds. The summed E-state index contributed by atoms with van der Waals surface area (Å²) in [7, 11) is 1.60. The molecule has 0 aromatic heterocycles. The van der Waals surface area contributed by atoms with Gasteiger partial charge in [-0.3, -0.25) is 4.79 Å². The van der Waals surface area contributed by atoms with E-state index in [1.165, 1.54) is 0 Å². The number of alkyl carbamates (subject to hydrolysis) is 1. The second-order valence-corrected chi connectivity index (χ2v) is 11.4. The molecule has 0 aliphatic carbocycles. The predicted octanol–water partition coefficient (Wildman–Crippen LogP) is 5.42. The van der Waals surface area contributed by atoms with E-state index < -0.39 is 35.7 Å². The molecule has 0 saturated heterocycles. The number of rotatable bonds is 16. The van der Waals surface area contributed by atoms with E-state index in [-0.39, 0.29) is 19.3 Å². The molecule has 3 N–H and O–H groups in total. The number of carboxylic acids is 1. The summed E-state index contributed by atoms with van der Waals surface area (Å²) in [5, 5.41) is 24.0. The molecule has 0 aliphatic heterocycles. The number of carboxylic acid groups (broad SMARTS) is 1. The average molecular weight is 594 g/mol. The number of amides is 1. The molecule has 0 spiro atoms. The van der Waals surface area contributed by atoms with Gasteiger partial charge in [0.1, 0.15) is 30.3 Å². The third kappa shape index (κ3) is 12.4. The third-order valence-corrected chi connectivity index (χ3v) is 6.63. The van der Waals surface area contributed by atoms with E-state index >= 15 is 0 Å². The van der Waals surface area contributed by atoms with Crippen LogP contribution in [0.2, 0.25) is 0 Å². The summed E-state index contributed by atoms with van der Waals surface area (Å²) in [6.07, 6.45) is -1.44. The summed E-state index contributed by atoms with van der Waals surface area (Å²) in [5.74, 6) is -0.570. The summed E-state index contributed by atoms with van der Waals surface area (Å²) in [5.41, 5.74) is 1.94. The smallest absolute Gasteiger partial charge is 0.407 e. The van der Waals surface area contributed by atoms with Crippen LogP contribution in [0.4, 0.5) is 4.79 Å². The molecule has 3 aromatic carbocycles. The Morgan fingerprint density at radius 3 is 1.93 bits per heavy atom. The van der Waals surface area contributed by atoms with Crippen molar-refractivity contribution in [3.8, 4) is 11.5 Å². The van der Waals surface area contributed by atoms with Crippen molar-refractivity contribution in [2.24, 2.45) is 5.92 Å². The lowest BCUT2D eigenvalue weighted by Crippen LogP contribution is -2.47. The lowest BCUT2D eigenvalue weighted by molar-refractivity contribution is -0.143. The highest BCUT2D eigenvalue weighted by atomic mass is 16.6. The Labute approximate surface area is 253 Å². The maximum absolute atomic E-state index is 12.6. The van der Waals surface area contributed by atoms with Crippen molar-refractivity contribution in [1.82, 2.24) is 5.32 Å². The number of hydrogen-bond donors (Lipinski definition) is 3. The fourth-order valence-corrected chi connectivity index (χ4v) is 4.44. The van der Waals surface area contributed by atoms with Gasteiger partial charge in [0.2, 0.25) is 0 Å². The molecule has 3 rings (SSSR count). The van der Waals surface area contributed by atoms with Crippen LogP contribution in [0.1, 0.15) is 43.9 Å². The SMILES string of the molecule is COCCOc1ccc(CC(NC(=O)OC(C)(C)C)C(O)CC(Cc2ccc(OCc3ccccc3)cc2)C(=O)O)cc1. The van der Waals surface area contributed by atoms with Gasteiger partial charge in [0.15, 0.2) is 0 Å². The van der Waals surface area contributed by atoms with E-state index in [1.807, 2.05) is 66.7 Å². The number of hydrogen-bond acceptors (Lipinski definition) is 7. The number of carbonyl (C=O) groups excluding carboxylic acids is 1. The van der Waals surface area contributed by atoms with Crippen molar-refractivity contribution in [3.63, 3.8) is 0 Å². The summed E-state index contributed by atoms with van der Waals surface area (Å²) < 4.78 is 21.9. The van der Waals surface area contributed by atoms with Gasteiger partial charge in [-0.15, -0.1) is 0 Å². The van der Waals surface area contributed by atoms with Gasteiger partial charge >= 0.3 is 12.1 Å². The van der Waals surface area contributed by atoms with Gasteiger partial charge in [0.05, 0.1) is 24.7 Å². The Kier molecular flexibility index (Phi) is 12.8. The molecule has 0 saturated carbocycles. The molecule has 0 fully saturated rings. The lowest BCUT2D eigenvalue weighted by atomic mass is 9.89. The number of nitrogens with one attached hydrogen (secondary N) is 1. The predicted molar refractivity (Wildman–Crippen MR) is 163 cm³/mol. The molecule has 0 bridgehead atoms. The first kappa shape index (κ1) is 33.4. The maximum Gasteiger partial charge on any atom is 0.407 e. The van der Waals surface area contributed by atoms with E-state index in [0.29, 0.717) is 31.3 Å². The molecule has 3 unspecified atom stereocenters. The zero-order valence-corrected chi connectivity index (χ0v) is 25.3. The molecule has 0 heterocycles. The minimum Gasteiger partial charge on any atom is -0.491 e. The van der Waals surface area contributed by atoms with Crippen LogP contribution in [-0.4, -0.2) is 60.3 Å². The van der Waals surface area contributed by atoms with Crippen LogP contribution < -0.4 is 14.8 Å². The van der Waals surface area contributed by atoms with Crippen molar-refractivity contribution < 1.29 is 38.7 Å². The Morgan fingerprint density at radius 2 is 1.37 bits per heavy atom. The molecule has 232 valence electrons. The minimum absolute atomic E-state index is 0.0692. The Morgan fingerprint density at radius 1 is 0.791 bits per heavy atom. The summed E-state index contributed by atoms with van der Waals surface area (Å²) >= 11 is 0. The standard InChI is InChI=1S/C34H43NO8/c1-34(2,3)43-33(39)35-30(21-25-12-14-28(15-13-25)41-19-18-40-4)31(36)22-27(32(37)38)20-24-10-16-29(17-11-24)42-23-26-8-6-5-7-9-26/h5-17,27,30-31,36H,18-23H2,1-4H3,(H,35,39)(H,37,38). The fourth-order valence-electron chi connectivity index (χ4n) is 4.44. The molecule has 3 aromatic rings. The van der Waals surface area contributed by atoms with E-state index in [1.54, 1.807) is 40.0 Å². The van der Waals surface area contributed by atoms with Crippen molar-refractivity contribution in [2.75, 3.05) is 20.3 Å². The molecular formula is C34H43NO8. The number of aliphatic carboxylic acids is 1. The number of aliphatic hydroxyl groups is 1. The molecule has 0 radical (unpaired) electrons. The van der Waals surface area contributed by atoms with Gasteiger partial charge in [-0.05, 0) is 81.0 Å². The van der Waals surface area contributed by atoms with Crippen LogP contribution in [0.3, 0.4) is 0 Å².